The van der Waals surface area contributed by atoms with Crippen LogP contribution in [0.4, 0.5) is 10.5 Å². The van der Waals surface area contributed by atoms with Gasteiger partial charge in [0.1, 0.15) is 0 Å². The van der Waals surface area contributed by atoms with Gasteiger partial charge in [0.25, 0.3) is 0 Å². The van der Waals surface area contributed by atoms with Gasteiger partial charge in [-0.1, -0.05) is 24.3 Å². The molecule has 0 saturated heterocycles. The number of nitrogens with one attached hydrogen (secondary N) is 2. The Morgan fingerprint density at radius 3 is 2.65 bits per heavy atom. The fraction of sp³-hybridized carbons (Fsp3) is 0. The van der Waals surface area contributed by atoms with E-state index < -0.39 is 0 Å². The Bertz CT molecular complexity index is 491. The second kappa shape index (κ2) is 5.86. The summed E-state index contributed by atoms with van der Waals surface area (Å²) in [7, 11) is 0. The maximum Gasteiger partial charge on any atom is 0.323 e. The molecule has 3 nitrogen and oxygen atoms in total. The number of anilines is 1. The molecule has 0 aliphatic heterocycles. The highest BCUT2D eigenvalue weighted by atomic mass is 32.1. The van der Waals surface area contributed by atoms with Crippen molar-refractivity contribution in [2.75, 3.05) is 5.32 Å². The first-order valence-corrected chi connectivity index (χ1v) is 6.05. The summed E-state index contributed by atoms with van der Waals surface area (Å²) < 4.78 is 0. The fourth-order valence-corrected chi connectivity index (χ4v) is 1.89. The van der Waals surface area contributed by atoms with Crippen molar-refractivity contribution in [1.82, 2.24) is 5.32 Å². The number of amides is 2. The van der Waals surface area contributed by atoms with E-state index in [4.69, 9.17) is 0 Å². The van der Waals surface area contributed by atoms with E-state index in [-0.39, 0.29) is 6.03 Å². The Balaban J connectivity index is 1.82. The van der Waals surface area contributed by atoms with Gasteiger partial charge in [-0.2, -0.15) is 0 Å². The van der Waals surface area contributed by atoms with Gasteiger partial charge in [0, 0.05) is 16.8 Å². The first kappa shape index (κ1) is 11.4. The Kier molecular flexibility index (Phi) is 3.94. The highest BCUT2D eigenvalue weighted by molar-refractivity contribution is 7.10. The van der Waals surface area contributed by atoms with Gasteiger partial charge in [-0.3, -0.25) is 0 Å². The summed E-state index contributed by atoms with van der Waals surface area (Å²) >= 11 is 1.62. The fourth-order valence-electron chi connectivity index (χ4n) is 1.27. The van der Waals surface area contributed by atoms with Crippen molar-refractivity contribution in [1.29, 1.82) is 0 Å². The molecule has 86 valence electrons. The average Bonchev–Trinajstić information content (AvgIpc) is 2.83. The number of thiophene rings is 1. The number of carbonyl (C=O) groups excluding carboxylic acids is 1. The van der Waals surface area contributed by atoms with Crippen LogP contribution >= 0.6 is 11.3 Å². The van der Waals surface area contributed by atoms with Gasteiger partial charge in [0.2, 0.25) is 0 Å². The van der Waals surface area contributed by atoms with Crippen molar-refractivity contribution in [2.45, 2.75) is 0 Å². The molecule has 0 spiro atoms. The summed E-state index contributed by atoms with van der Waals surface area (Å²) in [6, 6.07) is 13.0. The second-order valence-electron chi connectivity index (χ2n) is 3.31. The Hall–Kier alpha value is -2.07. The second-order valence-corrected chi connectivity index (χ2v) is 4.29. The maximum atomic E-state index is 11.5. The highest BCUT2D eigenvalue weighted by Crippen LogP contribution is 2.09. The average molecular weight is 244 g/mol. The van der Waals surface area contributed by atoms with Crippen LogP contribution in [0.3, 0.4) is 0 Å². The van der Waals surface area contributed by atoms with Gasteiger partial charge in [-0.05, 0) is 29.7 Å². The van der Waals surface area contributed by atoms with Crippen molar-refractivity contribution in [3.8, 4) is 0 Å². The van der Waals surface area contributed by atoms with E-state index in [1.165, 1.54) is 0 Å². The van der Waals surface area contributed by atoms with Crippen LogP contribution in [0.2, 0.25) is 0 Å². The van der Waals surface area contributed by atoms with Crippen LogP contribution in [-0.4, -0.2) is 6.03 Å². The van der Waals surface area contributed by atoms with Gasteiger partial charge >= 0.3 is 6.03 Å². The number of benzene rings is 1. The molecule has 2 N–H and O–H groups in total. The van der Waals surface area contributed by atoms with Crippen LogP contribution in [0.25, 0.3) is 6.08 Å². The molecule has 0 unspecified atom stereocenters. The lowest BCUT2D eigenvalue weighted by molar-refractivity contribution is 0.255. The van der Waals surface area contributed by atoms with E-state index in [9.17, 15) is 4.79 Å². The van der Waals surface area contributed by atoms with Crippen molar-refractivity contribution in [2.24, 2.45) is 0 Å². The molecule has 0 aliphatic rings. The summed E-state index contributed by atoms with van der Waals surface area (Å²) in [5.74, 6) is 0. The van der Waals surface area contributed by atoms with E-state index in [0.717, 1.165) is 10.6 Å². The molecule has 1 heterocycles. The molecule has 1 aromatic carbocycles. The molecule has 0 fully saturated rings. The van der Waals surface area contributed by atoms with Gasteiger partial charge in [-0.25, -0.2) is 4.79 Å². The predicted molar refractivity (Wildman–Crippen MR) is 71.9 cm³/mol. The molecule has 0 atom stereocenters. The minimum absolute atomic E-state index is 0.246. The highest BCUT2D eigenvalue weighted by Gasteiger charge is 1.97. The SMILES string of the molecule is O=C(N/C=C/c1cccs1)Nc1ccccc1. The lowest BCUT2D eigenvalue weighted by Gasteiger charge is -2.03. The lowest BCUT2D eigenvalue weighted by Crippen LogP contribution is -2.23. The van der Waals surface area contributed by atoms with E-state index >= 15 is 0 Å². The van der Waals surface area contributed by atoms with Crippen LogP contribution in [0, 0.1) is 0 Å². The van der Waals surface area contributed by atoms with E-state index in [2.05, 4.69) is 10.6 Å². The minimum Gasteiger partial charge on any atom is -0.314 e. The number of hydrogen-bond acceptors (Lipinski definition) is 2. The smallest absolute Gasteiger partial charge is 0.314 e. The molecule has 17 heavy (non-hydrogen) atoms. The number of carbonyl (C=O) groups is 1. The number of urea groups is 1. The first-order chi connectivity index (χ1) is 8.34. The van der Waals surface area contributed by atoms with Crippen molar-refractivity contribution in [3.05, 3.63) is 58.9 Å². The Labute approximate surface area is 104 Å². The summed E-state index contributed by atoms with van der Waals surface area (Å²) in [4.78, 5) is 12.6. The number of rotatable bonds is 3. The standard InChI is InChI=1S/C13H12N2OS/c16-13(15-11-5-2-1-3-6-11)14-9-8-12-7-4-10-17-12/h1-10H,(H2,14,15,16)/b9-8+. The van der Waals surface area contributed by atoms with Gasteiger partial charge in [0.15, 0.2) is 0 Å². The zero-order valence-corrected chi connectivity index (χ0v) is 9.91. The van der Waals surface area contributed by atoms with Crippen LogP contribution in [0.5, 0.6) is 0 Å². The largest absolute Gasteiger partial charge is 0.323 e. The third-order valence-corrected chi connectivity index (χ3v) is 2.87. The lowest BCUT2D eigenvalue weighted by atomic mass is 10.3. The quantitative estimate of drug-likeness (QED) is 0.851. The Morgan fingerprint density at radius 1 is 1.12 bits per heavy atom. The molecule has 0 bridgehead atoms. The summed E-state index contributed by atoms with van der Waals surface area (Å²) in [5, 5.41) is 7.36. The predicted octanol–water partition coefficient (Wildman–Crippen LogP) is 3.54. The van der Waals surface area contributed by atoms with Crippen molar-refractivity contribution in [3.63, 3.8) is 0 Å². The molecule has 0 radical (unpaired) electrons. The zero-order valence-electron chi connectivity index (χ0n) is 9.09. The third-order valence-electron chi connectivity index (χ3n) is 2.04. The molecule has 0 aliphatic carbocycles. The summed E-state index contributed by atoms with van der Waals surface area (Å²) in [5.41, 5.74) is 0.773. The molecule has 2 amide bonds. The molecule has 1 aromatic heterocycles. The maximum absolute atomic E-state index is 11.5. The van der Waals surface area contributed by atoms with E-state index in [0.29, 0.717) is 0 Å². The van der Waals surface area contributed by atoms with Crippen LogP contribution in [0.15, 0.2) is 54.0 Å². The zero-order chi connectivity index (χ0) is 11.9. The van der Waals surface area contributed by atoms with E-state index in [1.54, 1.807) is 17.5 Å². The Morgan fingerprint density at radius 2 is 1.94 bits per heavy atom. The molecule has 4 heteroatoms. The molecular weight excluding hydrogens is 232 g/mol. The topological polar surface area (TPSA) is 41.1 Å². The molecular formula is C13H12N2OS. The van der Waals surface area contributed by atoms with Gasteiger partial charge in [-0.15, -0.1) is 11.3 Å². The third kappa shape index (κ3) is 3.77. The van der Waals surface area contributed by atoms with Gasteiger partial charge in [0.05, 0.1) is 0 Å². The van der Waals surface area contributed by atoms with Crippen molar-refractivity contribution < 1.29 is 4.79 Å². The minimum atomic E-state index is -0.246. The first-order valence-electron chi connectivity index (χ1n) is 5.17. The molecule has 2 aromatic rings. The summed E-state index contributed by atoms with van der Waals surface area (Å²) in [6.45, 7) is 0. The number of para-hydroxylation sites is 1. The summed E-state index contributed by atoms with van der Waals surface area (Å²) in [6.07, 6.45) is 3.49. The molecule has 2 rings (SSSR count). The van der Waals surface area contributed by atoms with Crippen molar-refractivity contribution >= 4 is 29.1 Å². The van der Waals surface area contributed by atoms with Crippen LogP contribution in [-0.2, 0) is 0 Å². The normalized spacial score (nSPS) is 10.4. The molecule has 0 saturated carbocycles. The monoisotopic (exact) mass is 244 g/mol. The van der Waals surface area contributed by atoms with Crippen LogP contribution < -0.4 is 10.6 Å². The van der Waals surface area contributed by atoms with Gasteiger partial charge < -0.3 is 10.6 Å². The van der Waals surface area contributed by atoms with Crippen LogP contribution in [0.1, 0.15) is 4.88 Å². The number of hydrogen-bond donors (Lipinski definition) is 2. The van der Waals surface area contributed by atoms with E-state index in [1.807, 2.05) is 53.9 Å².